The number of aryl methyl sites for hydroxylation is 1. The summed E-state index contributed by atoms with van der Waals surface area (Å²) in [7, 11) is 2.94. The lowest BCUT2D eigenvalue weighted by molar-refractivity contribution is -0.139. The van der Waals surface area contributed by atoms with Gasteiger partial charge in [-0.05, 0) is 49.2 Å². The summed E-state index contributed by atoms with van der Waals surface area (Å²) >= 11 is 0. The van der Waals surface area contributed by atoms with Crippen LogP contribution in [0.3, 0.4) is 0 Å². The van der Waals surface area contributed by atoms with Crippen LogP contribution in [0.15, 0.2) is 35.9 Å². The second kappa shape index (κ2) is 10.2. The van der Waals surface area contributed by atoms with Crippen LogP contribution in [-0.2, 0) is 32.2 Å². The Hall–Kier alpha value is -3.37. The largest absolute Gasteiger partial charge is 0.465 e. The summed E-state index contributed by atoms with van der Waals surface area (Å²) in [6.45, 7) is 5.07. The highest BCUT2D eigenvalue weighted by Gasteiger charge is 2.15. The molecule has 152 valence electrons. The number of carbonyl (C=O) groups is 2. The van der Waals surface area contributed by atoms with Gasteiger partial charge in [-0.2, -0.15) is 5.26 Å². The van der Waals surface area contributed by atoms with E-state index in [0.29, 0.717) is 24.3 Å². The number of aromatic nitrogens is 1. The second-order valence-corrected chi connectivity index (χ2v) is 6.41. The van der Waals surface area contributed by atoms with Crippen LogP contribution in [0, 0.1) is 25.2 Å². The number of benzene rings is 1. The maximum absolute atomic E-state index is 12.4. The first-order valence-corrected chi connectivity index (χ1v) is 9.03. The van der Waals surface area contributed by atoms with E-state index in [0.717, 1.165) is 17.0 Å². The molecule has 1 aromatic carbocycles. The lowest BCUT2D eigenvalue weighted by Gasteiger charge is -2.08. The van der Waals surface area contributed by atoms with Gasteiger partial charge < -0.3 is 18.8 Å². The molecule has 7 heteroatoms. The van der Waals surface area contributed by atoms with Crippen molar-refractivity contribution in [2.45, 2.75) is 27.0 Å². The summed E-state index contributed by atoms with van der Waals surface area (Å²) in [4.78, 5) is 24.0. The Bertz CT molecular complexity index is 966. The van der Waals surface area contributed by atoms with Crippen molar-refractivity contribution in [1.29, 1.82) is 5.26 Å². The number of methoxy groups -OCH3 is 2. The van der Waals surface area contributed by atoms with Crippen molar-refractivity contribution in [3.63, 3.8) is 0 Å². The van der Waals surface area contributed by atoms with Crippen LogP contribution in [0.1, 0.15) is 32.9 Å². The van der Waals surface area contributed by atoms with E-state index in [2.05, 4.69) is 9.30 Å². The molecule has 0 aliphatic rings. The van der Waals surface area contributed by atoms with Gasteiger partial charge in [-0.25, -0.2) is 9.59 Å². The van der Waals surface area contributed by atoms with E-state index in [4.69, 9.17) is 9.47 Å². The second-order valence-electron chi connectivity index (χ2n) is 6.41. The fourth-order valence-electron chi connectivity index (χ4n) is 2.93. The first kappa shape index (κ1) is 21.9. The number of hydrogen-bond donors (Lipinski definition) is 0. The van der Waals surface area contributed by atoms with Crippen LogP contribution in [0.5, 0.6) is 0 Å². The van der Waals surface area contributed by atoms with E-state index in [1.807, 2.05) is 26.0 Å². The smallest absolute Gasteiger partial charge is 0.349 e. The van der Waals surface area contributed by atoms with Gasteiger partial charge in [0.25, 0.3) is 0 Å². The third-order valence-corrected chi connectivity index (χ3v) is 4.49. The minimum absolute atomic E-state index is 0.0600. The van der Waals surface area contributed by atoms with Crippen LogP contribution in [0.25, 0.3) is 6.08 Å². The Labute approximate surface area is 170 Å². The third kappa shape index (κ3) is 5.56. The normalized spacial score (nSPS) is 11.1. The molecule has 2 rings (SSSR count). The van der Waals surface area contributed by atoms with Crippen LogP contribution in [-0.4, -0.2) is 37.3 Å². The summed E-state index contributed by atoms with van der Waals surface area (Å²) in [5.41, 5.74) is 3.61. The van der Waals surface area contributed by atoms with E-state index in [-0.39, 0.29) is 12.2 Å². The summed E-state index contributed by atoms with van der Waals surface area (Å²) < 4.78 is 17.1. The van der Waals surface area contributed by atoms with Gasteiger partial charge in [0.15, 0.2) is 0 Å². The van der Waals surface area contributed by atoms with Gasteiger partial charge in [0.2, 0.25) is 0 Å². The van der Waals surface area contributed by atoms with E-state index < -0.39 is 11.9 Å². The van der Waals surface area contributed by atoms with Gasteiger partial charge in [0.05, 0.1) is 19.3 Å². The van der Waals surface area contributed by atoms with Gasteiger partial charge >= 0.3 is 11.9 Å². The molecule has 0 saturated carbocycles. The molecular formula is C22H24N2O5. The average molecular weight is 396 g/mol. The highest BCUT2D eigenvalue weighted by molar-refractivity contribution is 5.98. The topological polar surface area (TPSA) is 90.5 Å². The molecule has 0 saturated heterocycles. The van der Waals surface area contributed by atoms with Crippen molar-refractivity contribution >= 4 is 18.0 Å². The number of carbonyl (C=O) groups excluding carboxylic acids is 2. The van der Waals surface area contributed by atoms with Crippen LogP contribution in [0.2, 0.25) is 0 Å². The van der Waals surface area contributed by atoms with Crippen molar-refractivity contribution in [2.75, 3.05) is 20.8 Å². The number of hydrogen-bond acceptors (Lipinski definition) is 6. The Morgan fingerprint density at radius 3 is 2.62 bits per heavy atom. The lowest BCUT2D eigenvalue weighted by atomic mass is 10.1. The molecule has 2 aromatic rings. The molecule has 0 fully saturated rings. The standard InChI is InChI=1S/C22H24N2O5/c1-15-10-19(16(2)24(15)8-9-27-3)12-20(13-23)22(26)29-14-17-6-5-7-18(11-17)21(25)28-4/h5-7,10-12H,8-9,14H2,1-4H3/b20-12+. The van der Waals surface area contributed by atoms with Gasteiger partial charge in [0, 0.05) is 25.0 Å². The fourth-order valence-corrected chi connectivity index (χ4v) is 2.93. The summed E-state index contributed by atoms with van der Waals surface area (Å²) in [5.74, 6) is -1.20. The molecular weight excluding hydrogens is 372 g/mol. The van der Waals surface area contributed by atoms with Crippen molar-refractivity contribution < 1.29 is 23.8 Å². The van der Waals surface area contributed by atoms with Crippen LogP contribution in [0.4, 0.5) is 0 Å². The molecule has 29 heavy (non-hydrogen) atoms. The molecule has 0 N–H and O–H groups in total. The molecule has 1 aromatic heterocycles. The fraction of sp³-hybridized carbons (Fsp3) is 0.318. The Morgan fingerprint density at radius 2 is 1.97 bits per heavy atom. The highest BCUT2D eigenvalue weighted by Crippen LogP contribution is 2.19. The van der Waals surface area contributed by atoms with Gasteiger partial charge in [-0.1, -0.05) is 12.1 Å². The number of rotatable bonds is 8. The minimum Gasteiger partial charge on any atom is -0.465 e. The minimum atomic E-state index is -0.724. The average Bonchev–Trinajstić information content (AvgIpc) is 3.00. The molecule has 0 spiro atoms. The van der Waals surface area contributed by atoms with Gasteiger partial charge in [0.1, 0.15) is 18.2 Å². The van der Waals surface area contributed by atoms with E-state index in [1.165, 1.54) is 13.2 Å². The van der Waals surface area contributed by atoms with Gasteiger partial charge in [-0.15, -0.1) is 0 Å². The maximum Gasteiger partial charge on any atom is 0.349 e. The molecule has 7 nitrogen and oxygen atoms in total. The SMILES string of the molecule is COCCn1c(C)cc(/C=C(\C#N)C(=O)OCc2cccc(C(=O)OC)c2)c1C. The molecule has 0 unspecified atom stereocenters. The molecule has 1 heterocycles. The monoisotopic (exact) mass is 396 g/mol. The molecule has 0 aliphatic carbocycles. The van der Waals surface area contributed by atoms with Crippen LogP contribution < -0.4 is 0 Å². The Morgan fingerprint density at radius 1 is 1.21 bits per heavy atom. The molecule has 0 atom stereocenters. The predicted molar refractivity (Wildman–Crippen MR) is 107 cm³/mol. The number of esters is 2. The zero-order valence-corrected chi connectivity index (χ0v) is 17.0. The number of ether oxygens (including phenoxy) is 3. The molecule has 0 aliphatic heterocycles. The third-order valence-electron chi connectivity index (χ3n) is 4.49. The highest BCUT2D eigenvalue weighted by atomic mass is 16.5. The first-order valence-electron chi connectivity index (χ1n) is 9.03. The predicted octanol–water partition coefficient (Wildman–Crippen LogP) is 3.19. The van der Waals surface area contributed by atoms with Crippen molar-refractivity contribution in [3.8, 4) is 6.07 Å². The Kier molecular flexibility index (Phi) is 7.75. The zero-order valence-electron chi connectivity index (χ0n) is 17.0. The lowest BCUT2D eigenvalue weighted by Crippen LogP contribution is -2.08. The first-order chi connectivity index (χ1) is 13.9. The summed E-state index contributed by atoms with van der Waals surface area (Å²) in [5, 5.41) is 9.41. The summed E-state index contributed by atoms with van der Waals surface area (Å²) in [6.07, 6.45) is 1.53. The summed E-state index contributed by atoms with van der Waals surface area (Å²) in [6, 6.07) is 10.4. The maximum atomic E-state index is 12.4. The van der Waals surface area contributed by atoms with Crippen LogP contribution >= 0.6 is 0 Å². The van der Waals surface area contributed by atoms with Crippen molar-refractivity contribution in [3.05, 3.63) is 64.0 Å². The van der Waals surface area contributed by atoms with E-state index in [9.17, 15) is 14.9 Å². The molecule has 0 radical (unpaired) electrons. The van der Waals surface area contributed by atoms with E-state index in [1.54, 1.807) is 31.4 Å². The quantitative estimate of drug-likeness (QED) is 0.387. The molecule has 0 amide bonds. The molecule has 0 bridgehead atoms. The van der Waals surface area contributed by atoms with Crippen molar-refractivity contribution in [2.24, 2.45) is 0 Å². The number of nitrogens with zero attached hydrogens (tertiary/aromatic N) is 2. The van der Waals surface area contributed by atoms with Gasteiger partial charge in [-0.3, -0.25) is 0 Å². The van der Waals surface area contributed by atoms with Crippen molar-refractivity contribution in [1.82, 2.24) is 4.57 Å². The number of nitriles is 1. The Balaban J connectivity index is 2.13. The van der Waals surface area contributed by atoms with E-state index >= 15 is 0 Å². The zero-order chi connectivity index (χ0) is 21.4.